The van der Waals surface area contributed by atoms with Crippen LogP contribution in [0.2, 0.25) is 5.02 Å². The number of ether oxygens (including phenoxy) is 1. The second kappa shape index (κ2) is 9.99. The van der Waals surface area contributed by atoms with E-state index in [-0.39, 0.29) is 31.0 Å². The van der Waals surface area contributed by atoms with Crippen LogP contribution in [0.25, 0.3) is 11.0 Å². The molecule has 1 saturated heterocycles. The van der Waals surface area contributed by atoms with Gasteiger partial charge in [0.05, 0.1) is 28.1 Å². The number of aliphatic hydroxyl groups is 1. The number of anilines is 1. The topological polar surface area (TPSA) is 111 Å². The average Bonchev–Trinajstić information content (AvgIpc) is 3.13. The molecule has 2 aromatic carbocycles. The van der Waals surface area contributed by atoms with Crippen molar-refractivity contribution >= 4 is 40.0 Å². The summed E-state index contributed by atoms with van der Waals surface area (Å²) in [6.07, 6.45) is 1.09. The van der Waals surface area contributed by atoms with Crippen molar-refractivity contribution in [2.75, 3.05) is 24.6 Å². The molecular weight excluding hydrogens is 460 g/mol. The maximum absolute atomic E-state index is 12.8. The Labute approximate surface area is 202 Å². The zero-order chi connectivity index (χ0) is 24.4. The Balaban J connectivity index is 1.55. The third-order valence-corrected chi connectivity index (χ3v) is 6.30. The van der Waals surface area contributed by atoms with E-state index >= 15 is 0 Å². The van der Waals surface area contributed by atoms with E-state index < -0.39 is 10.9 Å². The molecule has 0 radical (unpaired) electrons. The van der Waals surface area contributed by atoms with Crippen LogP contribution in [0.15, 0.2) is 36.4 Å². The zero-order valence-electron chi connectivity index (χ0n) is 19.1. The van der Waals surface area contributed by atoms with Crippen molar-refractivity contribution in [1.29, 1.82) is 0 Å². The first-order chi connectivity index (χ1) is 16.3. The van der Waals surface area contributed by atoms with E-state index in [9.17, 15) is 20.0 Å². The van der Waals surface area contributed by atoms with E-state index in [1.807, 2.05) is 4.90 Å². The number of esters is 1. The summed E-state index contributed by atoms with van der Waals surface area (Å²) in [5.74, 6) is 0.625. The van der Waals surface area contributed by atoms with Gasteiger partial charge in [0.2, 0.25) is 0 Å². The number of rotatable bonds is 7. The van der Waals surface area contributed by atoms with Crippen molar-refractivity contribution in [3.8, 4) is 0 Å². The van der Waals surface area contributed by atoms with Gasteiger partial charge >= 0.3 is 5.97 Å². The second-order valence-electron chi connectivity index (χ2n) is 8.92. The molecule has 34 heavy (non-hydrogen) atoms. The maximum Gasteiger partial charge on any atom is 0.338 e. The smallest absolute Gasteiger partial charge is 0.338 e. The lowest BCUT2D eigenvalue weighted by Gasteiger charge is -2.36. The molecule has 1 aliphatic rings. The number of nitrogens with zero attached hydrogens (tertiary/aromatic N) is 4. The quantitative estimate of drug-likeness (QED) is 0.299. The molecule has 2 unspecified atom stereocenters. The minimum Gasteiger partial charge on any atom is -0.454 e. The van der Waals surface area contributed by atoms with Crippen LogP contribution in [0, 0.1) is 22.0 Å². The van der Waals surface area contributed by atoms with Crippen molar-refractivity contribution in [1.82, 2.24) is 9.55 Å². The van der Waals surface area contributed by atoms with Gasteiger partial charge in [-0.15, -0.1) is 0 Å². The fraction of sp³-hybridized carbons (Fsp3) is 0.417. The Morgan fingerprint density at radius 3 is 2.65 bits per heavy atom. The van der Waals surface area contributed by atoms with E-state index in [0.29, 0.717) is 33.9 Å². The van der Waals surface area contributed by atoms with Crippen LogP contribution in [0.4, 0.5) is 11.4 Å². The highest BCUT2D eigenvalue weighted by atomic mass is 35.5. The van der Waals surface area contributed by atoms with Crippen LogP contribution in [-0.2, 0) is 17.9 Å². The molecule has 4 rings (SSSR count). The van der Waals surface area contributed by atoms with Crippen molar-refractivity contribution in [3.05, 3.63) is 62.9 Å². The molecule has 3 aromatic rings. The number of carbonyl (C=O) groups is 1. The van der Waals surface area contributed by atoms with Crippen molar-refractivity contribution in [2.45, 2.75) is 33.4 Å². The van der Waals surface area contributed by atoms with Crippen LogP contribution in [0.5, 0.6) is 0 Å². The lowest BCUT2D eigenvalue weighted by atomic mass is 9.91. The summed E-state index contributed by atoms with van der Waals surface area (Å²) < 4.78 is 7.18. The molecule has 2 atom stereocenters. The Hall–Kier alpha value is -3.17. The van der Waals surface area contributed by atoms with Crippen molar-refractivity contribution < 1.29 is 19.6 Å². The molecule has 0 amide bonds. The van der Waals surface area contributed by atoms with E-state index in [1.165, 1.54) is 6.07 Å². The maximum atomic E-state index is 12.8. The number of carbonyl (C=O) groups excluding carboxylic acids is 1. The number of imidazole rings is 1. The minimum atomic E-state index is -0.685. The molecule has 1 aromatic heterocycles. The molecule has 0 bridgehead atoms. The largest absolute Gasteiger partial charge is 0.454 e. The Bertz CT molecular complexity index is 1220. The van der Waals surface area contributed by atoms with Crippen LogP contribution < -0.4 is 4.90 Å². The predicted octanol–water partition coefficient (Wildman–Crippen LogP) is 4.43. The number of benzene rings is 2. The van der Waals surface area contributed by atoms with Gasteiger partial charge in [0, 0.05) is 30.7 Å². The number of nitro groups is 1. The standard InChI is InChI=1S/C24H27ClN4O5/c1-15-9-16(2)13-27(12-15)20-6-3-17(10-22(20)29(32)33)24(31)34-14-23-26-19-5-4-18(25)11-21(19)28(23)7-8-30/h3-6,10-11,15-16,30H,7-9,12-14H2,1-2H3. The molecule has 1 fully saturated rings. The van der Waals surface area contributed by atoms with Gasteiger partial charge in [0.1, 0.15) is 18.1 Å². The third kappa shape index (κ3) is 5.00. The number of aliphatic hydroxyl groups excluding tert-OH is 1. The average molecular weight is 487 g/mol. The highest BCUT2D eigenvalue weighted by Gasteiger charge is 2.28. The van der Waals surface area contributed by atoms with Gasteiger partial charge in [-0.3, -0.25) is 10.1 Å². The molecule has 1 N–H and O–H groups in total. The Kier molecular flexibility index (Phi) is 7.04. The summed E-state index contributed by atoms with van der Waals surface area (Å²) in [4.78, 5) is 30.6. The summed E-state index contributed by atoms with van der Waals surface area (Å²) in [7, 11) is 0. The zero-order valence-corrected chi connectivity index (χ0v) is 19.9. The van der Waals surface area contributed by atoms with Crippen LogP contribution in [-0.4, -0.2) is 45.2 Å². The van der Waals surface area contributed by atoms with E-state index in [2.05, 4.69) is 18.8 Å². The van der Waals surface area contributed by atoms with Gasteiger partial charge in [-0.1, -0.05) is 25.4 Å². The van der Waals surface area contributed by atoms with Gasteiger partial charge in [-0.25, -0.2) is 9.78 Å². The summed E-state index contributed by atoms with van der Waals surface area (Å²) in [6.45, 7) is 5.73. The summed E-state index contributed by atoms with van der Waals surface area (Å²) in [5, 5.41) is 21.8. The lowest BCUT2D eigenvalue weighted by molar-refractivity contribution is -0.384. The fourth-order valence-corrected chi connectivity index (χ4v) is 4.91. The Morgan fingerprint density at radius 1 is 1.24 bits per heavy atom. The van der Waals surface area contributed by atoms with Crippen LogP contribution in [0.1, 0.15) is 36.5 Å². The first-order valence-corrected chi connectivity index (χ1v) is 11.6. The van der Waals surface area contributed by atoms with Crippen molar-refractivity contribution in [3.63, 3.8) is 0 Å². The Morgan fingerprint density at radius 2 is 1.97 bits per heavy atom. The summed E-state index contributed by atoms with van der Waals surface area (Å²) in [6, 6.07) is 9.66. The molecule has 2 heterocycles. The number of aromatic nitrogens is 2. The molecule has 1 aliphatic heterocycles. The highest BCUT2D eigenvalue weighted by Crippen LogP contribution is 2.34. The number of halogens is 1. The van der Waals surface area contributed by atoms with Gasteiger partial charge < -0.3 is 19.3 Å². The number of hydrogen-bond donors (Lipinski definition) is 1. The SMILES string of the molecule is CC1CC(C)CN(c2ccc(C(=O)OCc3nc4ccc(Cl)cc4n3CCO)cc2[N+](=O)[O-])C1. The minimum absolute atomic E-state index is 0.0985. The van der Waals surface area contributed by atoms with Gasteiger partial charge in [-0.2, -0.15) is 0 Å². The van der Waals surface area contributed by atoms with E-state index in [1.54, 1.807) is 34.9 Å². The van der Waals surface area contributed by atoms with Gasteiger partial charge in [0.15, 0.2) is 0 Å². The normalized spacial score (nSPS) is 18.3. The van der Waals surface area contributed by atoms with Gasteiger partial charge in [0.25, 0.3) is 5.69 Å². The predicted molar refractivity (Wildman–Crippen MR) is 129 cm³/mol. The molecule has 0 aliphatic carbocycles. The molecular formula is C24H27ClN4O5. The number of piperidine rings is 1. The lowest BCUT2D eigenvalue weighted by Crippen LogP contribution is -2.39. The molecule has 9 nitrogen and oxygen atoms in total. The summed E-state index contributed by atoms with van der Waals surface area (Å²) in [5.41, 5.74) is 1.88. The van der Waals surface area contributed by atoms with Crippen LogP contribution >= 0.6 is 11.6 Å². The molecule has 0 saturated carbocycles. The first kappa shape index (κ1) is 24.0. The fourth-order valence-electron chi connectivity index (χ4n) is 4.74. The number of nitro benzene ring substituents is 1. The third-order valence-electron chi connectivity index (χ3n) is 6.06. The second-order valence-corrected chi connectivity index (χ2v) is 9.36. The highest BCUT2D eigenvalue weighted by molar-refractivity contribution is 6.31. The molecule has 10 heteroatoms. The van der Waals surface area contributed by atoms with E-state index in [0.717, 1.165) is 25.0 Å². The summed E-state index contributed by atoms with van der Waals surface area (Å²) >= 11 is 6.09. The van der Waals surface area contributed by atoms with Crippen molar-refractivity contribution in [2.24, 2.45) is 11.8 Å². The number of hydrogen-bond acceptors (Lipinski definition) is 7. The molecule has 0 spiro atoms. The van der Waals surface area contributed by atoms with Gasteiger partial charge in [-0.05, 0) is 48.6 Å². The molecule has 180 valence electrons. The van der Waals surface area contributed by atoms with Crippen LogP contribution in [0.3, 0.4) is 0 Å². The van der Waals surface area contributed by atoms with E-state index in [4.69, 9.17) is 16.3 Å². The first-order valence-electron chi connectivity index (χ1n) is 11.2. The number of fused-ring (bicyclic) bond motifs is 1. The monoisotopic (exact) mass is 486 g/mol.